The van der Waals surface area contributed by atoms with Crippen molar-refractivity contribution in [2.24, 2.45) is 5.92 Å². The van der Waals surface area contributed by atoms with Gasteiger partial charge in [0.25, 0.3) is 0 Å². The Hall–Kier alpha value is -1.35. The van der Waals surface area contributed by atoms with Crippen LogP contribution in [0.4, 0.5) is 0 Å². The smallest absolute Gasteiger partial charge is 0.305 e. The van der Waals surface area contributed by atoms with Crippen molar-refractivity contribution < 1.29 is 9.53 Å². The SMILES string of the molecule is CCOC(=O)CCCC(NC(C)c1ccccc1)C1CCCCC1. The predicted molar refractivity (Wildman–Crippen MR) is 98.8 cm³/mol. The summed E-state index contributed by atoms with van der Waals surface area (Å²) in [6.07, 6.45) is 9.21. The van der Waals surface area contributed by atoms with Gasteiger partial charge in [-0.25, -0.2) is 0 Å². The van der Waals surface area contributed by atoms with Gasteiger partial charge in [0.15, 0.2) is 0 Å². The highest BCUT2D eigenvalue weighted by Crippen LogP contribution is 2.30. The van der Waals surface area contributed by atoms with Gasteiger partial charge < -0.3 is 10.1 Å². The van der Waals surface area contributed by atoms with Crippen LogP contribution < -0.4 is 5.32 Å². The zero-order chi connectivity index (χ0) is 17.2. The fraction of sp³-hybridized carbons (Fsp3) is 0.667. The molecular weight excluding hydrogens is 298 g/mol. The molecule has 2 atom stereocenters. The second kappa shape index (κ2) is 10.5. The molecule has 0 amide bonds. The minimum absolute atomic E-state index is 0.0593. The Labute approximate surface area is 147 Å². The summed E-state index contributed by atoms with van der Waals surface area (Å²) in [4.78, 5) is 11.6. The van der Waals surface area contributed by atoms with Crippen molar-refractivity contribution >= 4 is 5.97 Å². The van der Waals surface area contributed by atoms with Gasteiger partial charge in [0.1, 0.15) is 0 Å². The largest absolute Gasteiger partial charge is 0.466 e. The van der Waals surface area contributed by atoms with Gasteiger partial charge in [-0.15, -0.1) is 0 Å². The van der Waals surface area contributed by atoms with Gasteiger partial charge in [-0.2, -0.15) is 0 Å². The highest BCUT2D eigenvalue weighted by molar-refractivity contribution is 5.69. The van der Waals surface area contributed by atoms with Gasteiger partial charge in [-0.1, -0.05) is 49.6 Å². The number of rotatable bonds is 9. The highest BCUT2D eigenvalue weighted by atomic mass is 16.5. The quantitative estimate of drug-likeness (QED) is 0.646. The molecule has 1 aliphatic carbocycles. The highest BCUT2D eigenvalue weighted by Gasteiger charge is 2.25. The van der Waals surface area contributed by atoms with E-state index in [-0.39, 0.29) is 5.97 Å². The molecule has 0 heterocycles. The van der Waals surface area contributed by atoms with Crippen molar-refractivity contribution in [1.82, 2.24) is 5.32 Å². The molecule has 0 saturated heterocycles. The van der Waals surface area contributed by atoms with Crippen molar-refractivity contribution in [1.29, 1.82) is 0 Å². The lowest BCUT2D eigenvalue weighted by Crippen LogP contribution is -2.39. The standard InChI is InChI=1S/C21H33NO2/c1-3-24-21(23)16-10-15-20(19-13-8-5-9-14-19)22-17(2)18-11-6-4-7-12-18/h4,6-7,11-12,17,19-20,22H,3,5,8-10,13-16H2,1-2H3. The van der Waals surface area contributed by atoms with E-state index in [4.69, 9.17) is 4.74 Å². The van der Waals surface area contributed by atoms with Crippen LogP contribution in [-0.4, -0.2) is 18.6 Å². The number of carbonyl (C=O) groups is 1. The molecule has 3 heteroatoms. The molecule has 3 nitrogen and oxygen atoms in total. The lowest BCUT2D eigenvalue weighted by molar-refractivity contribution is -0.143. The van der Waals surface area contributed by atoms with E-state index in [9.17, 15) is 4.79 Å². The molecule has 2 unspecified atom stereocenters. The van der Waals surface area contributed by atoms with Crippen molar-refractivity contribution in [3.8, 4) is 0 Å². The molecule has 0 spiro atoms. The number of benzene rings is 1. The molecule has 0 bridgehead atoms. The molecule has 1 saturated carbocycles. The van der Waals surface area contributed by atoms with Gasteiger partial charge in [0.05, 0.1) is 6.61 Å². The van der Waals surface area contributed by atoms with E-state index < -0.39 is 0 Å². The number of carbonyl (C=O) groups excluding carboxylic acids is 1. The zero-order valence-corrected chi connectivity index (χ0v) is 15.3. The monoisotopic (exact) mass is 331 g/mol. The maximum Gasteiger partial charge on any atom is 0.305 e. The lowest BCUT2D eigenvalue weighted by atomic mass is 9.81. The zero-order valence-electron chi connectivity index (χ0n) is 15.3. The number of hydrogen-bond donors (Lipinski definition) is 1. The van der Waals surface area contributed by atoms with Crippen LogP contribution >= 0.6 is 0 Å². The lowest BCUT2D eigenvalue weighted by Gasteiger charge is -2.33. The Bertz CT molecular complexity index is 468. The van der Waals surface area contributed by atoms with Crippen LogP contribution in [0.1, 0.15) is 76.8 Å². The van der Waals surface area contributed by atoms with Crippen LogP contribution in [0.5, 0.6) is 0 Å². The van der Waals surface area contributed by atoms with Gasteiger partial charge >= 0.3 is 5.97 Å². The van der Waals surface area contributed by atoms with Gasteiger partial charge in [0.2, 0.25) is 0 Å². The van der Waals surface area contributed by atoms with Gasteiger partial charge in [-0.3, -0.25) is 4.79 Å². The summed E-state index contributed by atoms with van der Waals surface area (Å²) >= 11 is 0. The summed E-state index contributed by atoms with van der Waals surface area (Å²) < 4.78 is 5.06. The number of hydrogen-bond acceptors (Lipinski definition) is 3. The Morgan fingerprint density at radius 2 is 1.92 bits per heavy atom. The number of esters is 1. The molecule has 0 aliphatic heterocycles. The first-order valence-electron chi connectivity index (χ1n) is 9.67. The average Bonchev–Trinajstić information content (AvgIpc) is 2.62. The summed E-state index contributed by atoms with van der Waals surface area (Å²) in [5.74, 6) is 0.683. The minimum atomic E-state index is -0.0593. The van der Waals surface area contributed by atoms with E-state index >= 15 is 0 Å². The van der Waals surface area contributed by atoms with Gasteiger partial charge in [0, 0.05) is 18.5 Å². The molecule has 134 valence electrons. The first-order valence-corrected chi connectivity index (χ1v) is 9.67. The van der Waals surface area contributed by atoms with Crippen molar-refractivity contribution in [2.45, 2.75) is 77.3 Å². The molecule has 1 aliphatic rings. The predicted octanol–water partition coefficient (Wildman–Crippen LogP) is 5.02. The maximum atomic E-state index is 11.6. The normalized spacial score (nSPS) is 18.1. The van der Waals surface area contributed by atoms with Crippen molar-refractivity contribution in [3.05, 3.63) is 35.9 Å². The molecule has 1 N–H and O–H groups in total. The topological polar surface area (TPSA) is 38.3 Å². The van der Waals surface area contributed by atoms with Gasteiger partial charge in [-0.05, 0) is 51.0 Å². The summed E-state index contributed by atoms with van der Waals surface area (Å²) in [5, 5.41) is 3.86. The first kappa shape index (κ1) is 19.0. The van der Waals surface area contributed by atoms with Crippen LogP contribution in [0.2, 0.25) is 0 Å². The average molecular weight is 332 g/mol. The van der Waals surface area contributed by atoms with Crippen LogP contribution in [-0.2, 0) is 9.53 Å². The summed E-state index contributed by atoms with van der Waals surface area (Å²) in [5.41, 5.74) is 1.34. The fourth-order valence-electron chi connectivity index (χ4n) is 3.85. The molecule has 1 fully saturated rings. The Morgan fingerprint density at radius 1 is 1.21 bits per heavy atom. The molecule has 0 aromatic heterocycles. The van der Waals surface area contributed by atoms with E-state index in [2.05, 4.69) is 42.6 Å². The number of ether oxygens (including phenoxy) is 1. The second-order valence-electron chi connectivity index (χ2n) is 7.00. The van der Waals surface area contributed by atoms with E-state index in [1.807, 2.05) is 6.92 Å². The van der Waals surface area contributed by atoms with Crippen LogP contribution in [0.25, 0.3) is 0 Å². The maximum absolute atomic E-state index is 11.6. The second-order valence-corrected chi connectivity index (χ2v) is 7.00. The Balaban J connectivity index is 1.90. The minimum Gasteiger partial charge on any atom is -0.466 e. The van der Waals surface area contributed by atoms with Crippen molar-refractivity contribution in [3.63, 3.8) is 0 Å². The van der Waals surface area contributed by atoms with Crippen LogP contribution in [0, 0.1) is 5.92 Å². The third-order valence-electron chi connectivity index (χ3n) is 5.18. The number of nitrogens with one attached hydrogen (secondary N) is 1. The fourth-order valence-corrected chi connectivity index (χ4v) is 3.85. The Kier molecular flexibility index (Phi) is 8.31. The molecular formula is C21H33NO2. The van der Waals surface area contributed by atoms with E-state index in [0.717, 1.165) is 18.8 Å². The van der Waals surface area contributed by atoms with Crippen LogP contribution in [0.3, 0.4) is 0 Å². The third-order valence-corrected chi connectivity index (χ3v) is 5.18. The molecule has 2 rings (SSSR count). The van der Waals surface area contributed by atoms with Crippen molar-refractivity contribution in [2.75, 3.05) is 6.61 Å². The first-order chi connectivity index (χ1) is 11.7. The molecule has 0 radical (unpaired) electrons. The Morgan fingerprint density at radius 3 is 2.58 bits per heavy atom. The van der Waals surface area contributed by atoms with E-state index in [1.165, 1.54) is 37.7 Å². The molecule has 24 heavy (non-hydrogen) atoms. The summed E-state index contributed by atoms with van der Waals surface area (Å²) in [6, 6.07) is 11.5. The van der Waals surface area contributed by atoms with Crippen LogP contribution in [0.15, 0.2) is 30.3 Å². The van der Waals surface area contributed by atoms with E-state index in [1.54, 1.807) is 0 Å². The van der Waals surface area contributed by atoms with E-state index in [0.29, 0.717) is 25.1 Å². The summed E-state index contributed by atoms with van der Waals surface area (Å²) in [7, 11) is 0. The molecule has 1 aromatic carbocycles. The summed E-state index contributed by atoms with van der Waals surface area (Å²) in [6.45, 7) is 4.59. The molecule has 1 aromatic rings. The third kappa shape index (κ3) is 6.27.